The van der Waals surface area contributed by atoms with E-state index >= 15 is 0 Å². The molecule has 4 aromatic heterocycles. The Bertz CT molecular complexity index is 1740. The molecule has 0 unspecified atom stereocenters. The van der Waals surface area contributed by atoms with E-state index < -0.39 is 34.4 Å². The van der Waals surface area contributed by atoms with Gasteiger partial charge in [0.15, 0.2) is 22.3 Å². The highest BCUT2D eigenvalue weighted by atomic mass is 16.6. The van der Waals surface area contributed by atoms with E-state index in [9.17, 15) is 28.8 Å². The van der Waals surface area contributed by atoms with Gasteiger partial charge in [-0.05, 0) is 0 Å². The minimum absolute atomic E-state index is 0.0131. The summed E-state index contributed by atoms with van der Waals surface area (Å²) in [5, 5.41) is 0. The third-order valence-corrected chi connectivity index (χ3v) is 5.61. The lowest BCUT2D eigenvalue weighted by Gasteiger charge is -2.03. The lowest BCUT2D eigenvalue weighted by atomic mass is 10.5. The third-order valence-electron chi connectivity index (χ3n) is 5.61. The number of aryl methyl sites for hydroxylation is 4. The number of fused-ring (bicyclic) bond motifs is 2. The van der Waals surface area contributed by atoms with Gasteiger partial charge in [-0.15, -0.1) is 0 Å². The number of esters is 2. The Morgan fingerprint density at radius 3 is 1.25 bits per heavy atom. The van der Waals surface area contributed by atoms with E-state index in [4.69, 9.17) is 9.47 Å². The average molecular weight is 500 g/mol. The first-order valence-electron chi connectivity index (χ1n) is 10.2. The molecule has 0 bridgehead atoms. The van der Waals surface area contributed by atoms with E-state index in [1.165, 1.54) is 51.4 Å². The normalized spacial score (nSPS) is 11.6. The van der Waals surface area contributed by atoms with Gasteiger partial charge in [0.2, 0.25) is 0 Å². The second-order valence-electron chi connectivity index (χ2n) is 7.84. The molecular weight excluding hydrogens is 480 g/mol. The molecule has 0 aromatic carbocycles. The summed E-state index contributed by atoms with van der Waals surface area (Å²) < 4.78 is 16.6. The first kappa shape index (κ1) is 24.1. The van der Waals surface area contributed by atoms with Crippen LogP contribution in [0, 0.1) is 0 Å². The molecule has 0 saturated heterocycles. The van der Waals surface area contributed by atoms with Crippen LogP contribution in [-0.2, 0) is 51.9 Å². The van der Waals surface area contributed by atoms with Crippen LogP contribution in [-0.4, -0.2) is 49.3 Å². The number of carbonyl (C=O) groups is 2. The Morgan fingerprint density at radius 2 is 0.917 bits per heavy atom. The summed E-state index contributed by atoms with van der Waals surface area (Å²) in [4.78, 5) is 81.5. The number of hydrogen-bond acceptors (Lipinski definition) is 10. The first-order chi connectivity index (χ1) is 16.8. The number of nitrogens with zero attached hydrogens (tertiary/aromatic N) is 8. The van der Waals surface area contributed by atoms with Crippen LogP contribution in [0.25, 0.3) is 22.3 Å². The molecule has 4 aromatic rings. The minimum atomic E-state index is -1.02. The van der Waals surface area contributed by atoms with E-state index in [1.807, 2.05) is 0 Å². The third kappa shape index (κ3) is 3.55. The van der Waals surface area contributed by atoms with E-state index in [-0.39, 0.29) is 34.3 Å². The Balaban J connectivity index is 1.57. The average Bonchev–Trinajstić information content (AvgIpc) is 3.34. The molecule has 0 radical (unpaired) electrons. The number of imidazole rings is 2. The van der Waals surface area contributed by atoms with Crippen LogP contribution >= 0.6 is 0 Å². The number of ether oxygens (including phenoxy) is 2. The predicted molar refractivity (Wildman–Crippen MR) is 123 cm³/mol. The van der Waals surface area contributed by atoms with Gasteiger partial charge in [0, 0.05) is 54.4 Å². The number of carbonyl (C=O) groups excluding carboxylic acids is 2. The van der Waals surface area contributed by atoms with Crippen LogP contribution in [0.5, 0.6) is 12.0 Å². The summed E-state index contributed by atoms with van der Waals surface area (Å²) in [5.41, 5.74) is -2.37. The smallest absolute Gasteiger partial charge is 0.338 e. The van der Waals surface area contributed by atoms with Crippen molar-refractivity contribution in [3.05, 3.63) is 53.8 Å². The quantitative estimate of drug-likeness (QED) is 0.212. The van der Waals surface area contributed by atoms with Gasteiger partial charge in [-0.1, -0.05) is 0 Å². The van der Waals surface area contributed by atoms with Gasteiger partial charge in [-0.2, -0.15) is 9.97 Å². The van der Waals surface area contributed by atoms with E-state index in [0.29, 0.717) is 0 Å². The van der Waals surface area contributed by atoms with Crippen molar-refractivity contribution < 1.29 is 19.1 Å². The molecule has 0 amide bonds. The number of aromatic nitrogens is 8. The number of rotatable bonds is 4. The molecule has 0 aliphatic heterocycles. The van der Waals surface area contributed by atoms with Gasteiger partial charge >= 0.3 is 35.3 Å². The topological polar surface area (TPSA) is 176 Å². The maximum Gasteiger partial charge on any atom is 0.338 e. The molecule has 0 N–H and O–H groups in total. The lowest BCUT2D eigenvalue weighted by Crippen LogP contribution is -2.37. The molecular formula is C20H20N8O8. The lowest BCUT2D eigenvalue weighted by molar-refractivity contribution is -0.132. The summed E-state index contributed by atoms with van der Waals surface area (Å²) in [6, 6.07) is -0.558. The van der Waals surface area contributed by atoms with Gasteiger partial charge in [0.05, 0.1) is 0 Å². The highest BCUT2D eigenvalue weighted by molar-refractivity contribution is 5.93. The van der Waals surface area contributed by atoms with Crippen molar-refractivity contribution in [2.45, 2.75) is 0 Å². The summed E-state index contributed by atoms with van der Waals surface area (Å²) >= 11 is 0. The SMILES string of the molecule is Cn1c(=O)c2c(nc(OC(=O)/C=C\C(=O)Oc3nc4c(c(=O)n(C)c(=O)n4C)n3C)n2C)n(C)c1=O. The zero-order valence-electron chi connectivity index (χ0n) is 20.0. The van der Waals surface area contributed by atoms with Gasteiger partial charge < -0.3 is 9.47 Å². The second-order valence-corrected chi connectivity index (χ2v) is 7.84. The summed E-state index contributed by atoms with van der Waals surface area (Å²) in [6.07, 6.45) is 1.52. The standard InChI is InChI=1S/C20H20N8O8/c1-23-11-13(25(3)19(33)27(5)15(11)31)21-17(23)35-9(29)7-8-10(30)36-18-22-14-12(24(18)2)16(32)28(6)20(34)26(14)4/h7-8H,1-6H3/b8-7-. The highest BCUT2D eigenvalue weighted by Crippen LogP contribution is 2.17. The van der Waals surface area contributed by atoms with Gasteiger partial charge in [-0.3, -0.25) is 37.0 Å². The highest BCUT2D eigenvalue weighted by Gasteiger charge is 2.21. The predicted octanol–water partition coefficient (Wildman–Crippen LogP) is -2.68. The van der Waals surface area contributed by atoms with Gasteiger partial charge in [0.25, 0.3) is 11.1 Å². The Kier molecular flexibility index (Phi) is 5.58. The summed E-state index contributed by atoms with van der Waals surface area (Å²) in [5.74, 6) is -2.04. The van der Waals surface area contributed by atoms with Crippen LogP contribution in [0.15, 0.2) is 31.3 Å². The summed E-state index contributed by atoms with van der Waals surface area (Å²) in [6.45, 7) is 0. The van der Waals surface area contributed by atoms with Crippen molar-refractivity contribution in [3.63, 3.8) is 0 Å². The van der Waals surface area contributed by atoms with Crippen LogP contribution in [0.1, 0.15) is 0 Å². The molecule has 0 spiro atoms. The maximum atomic E-state index is 12.4. The Morgan fingerprint density at radius 1 is 0.583 bits per heavy atom. The van der Waals surface area contributed by atoms with Crippen LogP contribution in [0.2, 0.25) is 0 Å². The molecule has 0 fully saturated rings. The van der Waals surface area contributed by atoms with Crippen molar-refractivity contribution in [2.75, 3.05) is 0 Å². The van der Waals surface area contributed by atoms with Gasteiger partial charge in [0.1, 0.15) is 0 Å². The molecule has 0 saturated carbocycles. The van der Waals surface area contributed by atoms with Crippen LogP contribution in [0.3, 0.4) is 0 Å². The molecule has 4 heterocycles. The molecule has 0 aliphatic carbocycles. The second kappa shape index (κ2) is 8.33. The Labute approximate surface area is 199 Å². The molecule has 36 heavy (non-hydrogen) atoms. The van der Waals surface area contributed by atoms with Crippen molar-refractivity contribution in [1.82, 2.24) is 37.4 Å². The fourth-order valence-electron chi connectivity index (χ4n) is 3.56. The number of hydrogen-bond donors (Lipinski definition) is 0. The van der Waals surface area contributed by atoms with E-state index in [2.05, 4.69) is 9.97 Å². The van der Waals surface area contributed by atoms with Gasteiger partial charge in [-0.25, -0.2) is 19.2 Å². The largest absolute Gasteiger partial charge is 0.389 e. The fourth-order valence-corrected chi connectivity index (χ4v) is 3.56. The van der Waals surface area contributed by atoms with Crippen LogP contribution in [0.4, 0.5) is 0 Å². The fraction of sp³-hybridized carbons (Fsp3) is 0.300. The molecule has 16 nitrogen and oxygen atoms in total. The van der Waals surface area contributed by atoms with Crippen molar-refractivity contribution in [1.29, 1.82) is 0 Å². The monoisotopic (exact) mass is 500 g/mol. The first-order valence-corrected chi connectivity index (χ1v) is 10.2. The molecule has 4 rings (SSSR count). The molecule has 16 heteroatoms. The van der Waals surface area contributed by atoms with E-state index in [1.54, 1.807) is 0 Å². The van der Waals surface area contributed by atoms with Crippen molar-refractivity contribution in [3.8, 4) is 12.0 Å². The molecule has 0 aliphatic rings. The molecule has 0 atom stereocenters. The minimum Gasteiger partial charge on any atom is -0.389 e. The van der Waals surface area contributed by atoms with E-state index in [0.717, 1.165) is 30.4 Å². The molecule has 188 valence electrons. The van der Waals surface area contributed by atoms with Crippen molar-refractivity contribution >= 4 is 34.3 Å². The maximum absolute atomic E-state index is 12.4. The van der Waals surface area contributed by atoms with Crippen LogP contribution < -0.4 is 32.0 Å². The summed E-state index contributed by atoms with van der Waals surface area (Å²) in [7, 11) is 8.27. The van der Waals surface area contributed by atoms with Crippen molar-refractivity contribution in [2.24, 2.45) is 42.3 Å². The zero-order chi connectivity index (χ0) is 26.6. The zero-order valence-corrected chi connectivity index (χ0v) is 20.0. The Hall–Kier alpha value is -5.02.